The molecule has 1 aromatic rings. The Morgan fingerprint density at radius 3 is 2.68 bits per heavy atom. The highest BCUT2D eigenvalue weighted by molar-refractivity contribution is 7.80. The van der Waals surface area contributed by atoms with Crippen LogP contribution in [-0.4, -0.2) is 11.3 Å². The molecule has 0 aromatic heterocycles. The molecule has 0 bridgehead atoms. The molecule has 0 aliphatic heterocycles. The molecule has 19 heavy (non-hydrogen) atoms. The van der Waals surface area contributed by atoms with E-state index in [1.807, 2.05) is 18.2 Å². The van der Waals surface area contributed by atoms with E-state index >= 15 is 0 Å². The summed E-state index contributed by atoms with van der Waals surface area (Å²) < 4.78 is 0. The second kappa shape index (κ2) is 9.28. The molecular weight excluding hydrogens is 254 g/mol. The predicted octanol–water partition coefficient (Wildman–Crippen LogP) is 3.47. The first-order valence-corrected chi connectivity index (χ1v) is 6.97. The zero-order chi connectivity index (χ0) is 13.9. The van der Waals surface area contributed by atoms with Crippen LogP contribution in [0.3, 0.4) is 0 Å². The molecule has 0 spiro atoms. The maximum Gasteiger partial charge on any atom is 0.184 e. The second-order valence-corrected chi connectivity index (χ2v) is 4.76. The van der Waals surface area contributed by atoms with Crippen LogP contribution in [0.2, 0.25) is 0 Å². The molecule has 0 unspecified atom stereocenters. The number of rotatable bonds is 7. The maximum absolute atomic E-state index is 5.34. The van der Waals surface area contributed by atoms with E-state index in [4.69, 9.17) is 18.0 Å². The highest BCUT2D eigenvalue weighted by Crippen LogP contribution is 2.12. The van der Waals surface area contributed by atoms with E-state index in [0.717, 1.165) is 12.8 Å². The van der Waals surface area contributed by atoms with Crippen molar-refractivity contribution in [3.63, 3.8) is 0 Å². The first-order valence-electron chi connectivity index (χ1n) is 6.56. The normalized spacial score (nSPS) is 11.7. The molecule has 3 N–H and O–H groups in total. The lowest BCUT2D eigenvalue weighted by Gasteiger charge is -2.02. The standard InChI is InChI=1S/C15H21N3S/c1-2-3-5-10-14(12-17-18-15(16)19)11-13-8-6-4-7-9-13/h4,6-9,11-12H,2-3,5,10H2,1H3,(H3,16,18,19)/b14-11+,17-12+. The van der Waals surface area contributed by atoms with Crippen LogP contribution >= 0.6 is 12.2 Å². The SMILES string of the molecule is CCCCCC(/C=N/NC(N)=S)=C\c1ccccc1. The highest BCUT2D eigenvalue weighted by Gasteiger charge is 1.96. The molecule has 0 heterocycles. The fourth-order valence-corrected chi connectivity index (χ4v) is 1.75. The van der Waals surface area contributed by atoms with E-state index in [1.54, 1.807) is 6.21 Å². The third-order valence-electron chi connectivity index (χ3n) is 2.63. The number of nitrogens with one attached hydrogen (secondary N) is 1. The van der Waals surface area contributed by atoms with Gasteiger partial charge in [0.1, 0.15) is 0 Å². The Balaban J connectivity index is 2.70. The van der Waals surface area contributed by atoms with Crippen LogP contribution in [0.25, 0.3) is 6.08 Å². The summed E-state index contributed by atoms with van der Waals surface area (Å²) in [6.07, 6.45) is 8.53. The number of nitrogens with two attached hydrogens (primary N) is 1. The van der Waals surface area contributed by atoms with Gasteiger partial charge in [-0.15, -0.1) is 0 Å². The topological polar surface area (TPSA) is 50.4 Å². The number of benzene rings is 1. The maximum atomic E-state index is 5.34. The summed E-state index contributed by atoms with van der Waals surface area (Å²) in [6, 6.07) is 10.2. The molecule has 0 amide bonds. The van der Waals surface area contributed by atoms with Crippen LogP contribution in [0, 0.1) is 0 Å². The fraction of sp³-hybridized carbons (Fsp3) is 0.333. The second-order valence-electron chi connectivity index (χ2n) is 4.32. The summed E-state index contributed by atoms with van der Waals surface area (Å²) >= 11 is 4.72. The lowest BCUT2D eigenvalue weighted by molar-refractivity contribution is 0.724. The molecule has 3 nitrogen and oxygen atoms in total. The molecule has 0 atom stereocenters. The molecule has 0 fully saturated rings. The number of allylic oxidation sites excluding steroid dienone is 1. The van der Waals surface area contributed by atoms with E-state index in [9.17, 15) is 0 Å². The molecule has 102 valence electrons. The van der Waals surface area contributed by atoms with Gasteiger partial charge in [-0.25, -0.2) is 0 Å². The number of hydrogen-bond acceptors (Lipinski definition) is 2. The Morgan fingerprint density at radius 2 is 2.05 bits per heavy atom. The fourth-order valence-electron chi connectivity index (χ4n) is 1.70. The van der Waals surface area contributed by atoms with Gasteiger partial charge in [0, 0.05) is 0 Å². The first-order chi connectivity index (χ1) is 9.22. The zero-order valence-corrected chi connectivity index (χ0v) is 12.1. The van der Waals surface area contributed by atoms with Gasteiger partial charge in [-0.3, -0.25) is 5.43 Å². The van der Waals surface area contributed by atoms with Crippen molar-refractivity contribution in [2.75, 3.05) is 0 Å². The van der Waals surface area contributed by atoms with Crippen molar-refractivity contribution in [1.29, 1.82) is 0 Å². The van der Waals surface area contributed by atoms with E-state index in [1.165, 1.54) is 24.0 Å². The lowest BCUT2D eigenvalue weighted by Crippen LogP contribution is -2.24. The zero-order valence-electron chi connectivity index (χ0n) is 11.3. The quantitative estimate of drug-likeness (QED) is 0.347. The number of unbranched alkanes of at least 4 members (excludes halogenated alkanes) is 2. The van der Waals surface area contributed by atoms with Crippen molar-refractivity contribution in [3.05, 3.63) is 41.5 Å². The molecule has 1 rings (SSSR count). The van der Waals surface area contributed by atoms with Crippen LogP contribution in [-0.2, 0) is 0 Å². The van der Waals surface area contributed by atoms with Crippen molar-refractivity contribution in [3.8, 4) is 0 Å². The molecule has 0 saturated heterocycles. The van der Waals surface area contributed by atoms with E-state index < -0.39 is 0 Å². The van der Waals surface area contributed by atoms with Crippen LogP contribution in [0.4, 0.5) is 0 Å². The number of nitrogens with zero attached hydrogens (tertiary/aromatic N) is 1. The third-order valence-corrected chi connectivity index (χ3v) is 2.72. The first kappa shape index (κ1) is 15.4. The summed E-state index contributed by atoms with van der Waals surface area (Å²) in [5.41, 5.74) is 10.3. The average Bonchev–Trinajstić information content (AvgIpc) is 2.39. The molecule has 1 aromatic carbocycles. The monoisotopic (exact) mass is 275 g/mol. The van der Waals surface area contributed by atoms with Crippen LogP contribution < -0.4 is 11.2 Å². The van der Waals surface area contributed by atoms with Crippen LogP contribution in [0.5, 0.6) is 0 Å². The average molecular weight is 275 g/mol. The Bertz CT molecular complexity index is 438. The van der Waals surface area contributed by atoms with Gasteiger partial charge in [-0.05, 0) is 36.2 Å². The van der Waals surface area contributed by atoms with Gasteiger partial charge < -0.3 is 5.73 Å². The van der Waals surface area contributed by atoms with E-state index in [-0.39, 0.29) is 5.11 Å². The van der Waals surface area contributed by atoms with Gasteiger partial charge in [-0.1, -0.05) is 56.2 Å². The lowest BCUT2D eigenvalue weighted by atomic mass is 10.1. The molecule has 0 radical (unpaired) electrons. The summed E-state index contributed by atoms with van der Waals surface area (Å²) in [5.74, 6) is 0. The number of hydrazone groups is 1. The minimum atomic E-state index is 0.184. The Hall–Kier alpha value is -1.68. The number of thiocarbonyl (C=S) groups is 1. The van der Waals surface area contributed by atoms with Gasteiger partial charge in [0.25, 0.3) is 0 Å². The van der Waals surface area contributed by atoms with Gasteiger partial charge in [0.2, 0.25) is 0 Å². The molecule has 0 aliphatic rings. The largest absolute Gasteiger partial charge is 0.375 e. The van der Waals surface area contributed by atoms with Crippen molar-refractivity contribution < 1.29 is 0 Å². The minimum absolute atomic E-state index is 0.184. The summed E-state index contributed by atoms with van der Waals surface area (Å²) in [7, 11) is 0. The smallest absolute Gasteiger partial charge is 0.184 e. The van der Waals surface area contributed by atoms with Crippen LogP contribution in [0.1, 0.15) is 38.2 Å². The van der Waals surface area contributed by atoms with Crippen molar-refractivity contribution >= 4 is 29.6 Å². The van der Waals surface area contributed by atoms with E-state index in [2.05, 4.69) is 35.7 Å². The Kier molecular flexibility index (Phi) is 7.51. The van der Waals surface area contributed by atoms with Gasteiger partial charge in [-0.2, -0.15) is 5.10 Å². The van der Waals surface area contributed by atoms with Gasteiger partial charge in [0.05, 0.1) is 6.21 Å². The Morgan fingerprint density at radius 1 is 1.32 bits per heavy atom. The summed E-state index contributed by atoms with van der Waals surface area (Å²) in [4.78, 5) is 0. The van der Waals surface area contributed by atoms with E-state index in [0.29, 0.717) is 0 Å². The molecule has 0 aliphatic carbocycles. The highest BCUT2D eigenvalue weighted by atomic mass is 32.1. The van der Waals surface area contributed by atoms with Crippen molar-refractivity contribution in [2.45, 2.75) is 32.6 Å². The molecule has 4 heteroatoms. The predicted molar refractivity (Wildman–Crippen MR) is 87.0 cm³/mol. The molecule has 0 saturated carbocycles. The van der Waals surface area contributed by atoms with Crippen molar-refractivity contribution in [2.24, 2.45) is 10.8 Å². The Labute approximate surface area is 120 Å². The summed E-state index contributed by atoms with van der Waals surface area (Å²) in [6.45, 7) is 2.20. The van der Waals surface area contributed by atoms with Gasteiger partial charge >= 0.3 is 0 Å². The van der Waals surface area contributed by atoms with Crippen molar-refractivity contribution in [1.82, 2.24) is 5.43 Å². The van der Waals surface area contributed by atoms with Crippen LogP contribution in [0.15, 0.2) is 41.0 Å². The van der Waals surface area contributed by atoms with Gasteiger partial charge in [0.15, 0.2) is 5.11 Å². The number of hydrogen-bond donors (Lipinski definition) is 2. The minimum Gasteiger partial charge on any atom is -0.375 e. The third kappa shape index (κ3) is 7.36. The molecular formula is C15H21N3S. The summed E-state index contributed by atoms with van der Waals surface area (Å²) in [5, 5.41) is 4.22.